The molecule has 0 aliphatic carbocycles. The number of aliphatic hydroxyl groups excluding tert-OH is 1. The van der Waals surface area contributed by atoms with E-state index in [4.69, 9.17) is 5.11 Å². The topological polar surface area (TPSA) is 43.8 Å². The number of likely N-dealkylation sites (N-methyl/N-ethyl adjacent to an activating group) is 1. The number of aliphatic hydroxyl groups is 1. The van der Waals surface area contributed by atoms with Gasteiger partial charge in [0.1, 0.15) is 0 Å². The van der Waals surface area contributed by atoms with Crippen molar-refractivity contribution in [2.45, 2.75) is 6.04 Å². The number of nitrogens with zero attached hydrogens (tertiary/aromatic N) is 2. The van der Waals surface area contributed by atoms with Crippen LogP contribution in [0.3, 0.4) is 0 Å². The van der Waals surface area contributed by atoms with Crippen LogP contribution >= 0.6 is 0 Å². The van der Waals surface area contributed by atoms with E-state index in [1.54, 1.807) is 4.90 Å². The molecule has 1 fully saturated rings. The zero-order valence-corrected chi connectivity index (χ0v) is 6.73. The Morgan fingerprint density at radius 1 is 1.64 bits per heavy atom. The van der Waals surface area contributed by atoms with Gasteiger partial charge < -0.3 is 10.0 Å². The minimum Gasteiger partial charge on any atom is -0.395 e. The second-order valence-electron chi connectivity index (χ2n) is 2.92. The van der Waals surface area contributed by atoms with E-state index >= 15 is 0 Å². The fourth-order valence-corrected chi connectivity index (χ4v) is 1.26. The Morgan fingerprint density at radius 2 is 2.36 bits per heavy atom. The molecule has 4 nitrogen and oxygen atoms in total. The summed E-state index contributed by atoms with van der Waals surface area (Å²) in [6, 6.07) is 0.119. The fourth-order valence-electron chi connectivity index (χ4n) is 1.26. The molecule has 1 atom stereocenters. The van der Waals surface area contributed by atoms with Gasteiger partial charge in [-0.25, -0.2) is 0 Å². The standard InChI is InChI=1S/C7H14N2O2/c1-8-2-3-9(6-11)4-7(8)5-10/h6-7,10H,2-5H2,1H3. The van der Waals surface area contributed by atoms with Crippen LogP contribution in [-0.4, -0.2) is 60.6 Å². The van der Waals surface area contributed by atoms with Crippen molar-refractivity contribution in [3.8, 4) is 0 Å². The molecule has 0 spiro atoms. The molecule has 1 aliphatic heterocycles. The van der Waals surface area contributed by atoms with Crippen molar-refractivity contribution in [2.24, 2.45) is 0 Å². The molecule has 1 amide bonds. The Kier molecular flexibility index (Phi) is 2.84. The first-order valence-corrected chi connectivity index (χ1v) is 3.78. The van der Waals surface area contributed by atoms with Crippen molar-refractivity contribution in [1.29, 1.82) is 0 Å². The lowest BCUT2D eigenvalue weighted by Crippen LogP contribution is -2.52. The van der Waals surface area contributed by atoms with E-state index in [0.29, 0.717) is 6.54 Å². The first-order chi connectivity index (χ1) is 5.27. The number of hydrogen-bond donors (Lipinski definition) is 1. The first-order valence-electron chi connectivity index (χ1n) is 3.78. The molecule has 1 unspecified atom stereocenters. The van der Waals surface area contributed by atoms with Crippen molar-refractivity contribution in [1.82, 2.24) is 9.80 Å². The van der Waals surface area contributed by atoms with Gasteiger partial charge in [-0.3, -0.25) is 9.69 Å². The number of piperazine rings is 1. The van der Waals surface area contributed by atoms with Crippen molar-refractivity contribution in [3.05, 3.63) is 0 Å². The number of rotatable bonds is 2. The monoisotopic (exact) mass is 158 g/mol. The summed E-state index contributed by atoms with van der Waals surface area (Å²) in [5.74, 6) is 0. The third-order valence-corrected chi connectivity index (χ3v) is 2.17. The van der Waals surface area contributed by atoms with Gasteiger partial charge >= 0.3 is 0 Å². The molecule has 1 aliphatic rings. The summed E-state index contributed by atoms with van der Waals surface area (Å²) in [5.41, 5.74) is 0. The lowest BCUT2D eigenvalue weighted by Gasteiger charge is -2.36. The summed E-state index contributed by atoms with van der Waals surface area (Å²) in [7, 11) is 1.96. The van der Waals surface area contributed by atoms with Gasteiger partial charge in [-0.05, 0) is 7.05 Å². The average molecular weight is 158 g/mol. The smallest absolute Gasteiger partial charge is 0.209 e. The Bertz CT molecular complexity index is 140. The Balaban J connectivity index is 2.43. The van der Waals surface area contributed by atoms with Crippen LogP contribution in [0.5, 0.6) is 0 Å². The molecule has 4 heteroatoms. The van der Waals surface area contributed by atoms with Crippen molar-refractivity contribution in [2.75, 3.05) is 33.3 Å². The molecule has 64 valence electrons. The molecule has 1 saturated heterocycles. The molecule has 1 rings (SSSR count). The maximum Gasteiger partial charge on any atom is 0.209 e. The summed E-state index contributed by atoms with van der Waals surface area (Å²) >= 11 is 0. The van der Waals surface area contributed by atoms with Crippen LogP contribution in [0.15, 0.2) is 0 Å². The minimum atomic E-state index is 0.119. The highest BCUT2D eigenvalue weighted by atomic mass is 16.3. The van der Waals surface area contributed by atoms with Crippen LogP contribution in [0.1, 0.15) is 0 Å². The third-order valence-electron chi connectivity index (χ3n) is 2.17. The zero-order valence-electron chi connectivity index (χ0n) is 6.73. The highest BCUT2D eigenvalue weighted by Gasteiger charge is 2.21. The largest absolute Gasteiger partial charge is 0.395 e. The van der Waals surface area contributed by atoms with E-state index in [0.717, 1.165) is 19.5 Å². The molecular formula is C7H14N2O2. The molecule has 0 aromatic carbocycles. The molecule has 0 radical (unpaired) electrons. The fraction of sp³-hybridized carbons (Fsp3) is 0.857. The predicted molar refractivity (Wildman–Crippen MR) is 41.1 cm³/mol. The van der Waals surface area contributed by atoms with Crippen molar-refractivity contribution in [3.63, 3.8) is 0 Å². The van der Waals surface area contributed by atoms with Gasteiger partial charge in [-0.2, -0.15) is 0 Å². The molecule has 11 heavy (non-hydrogen) atoms. The highest BCUT2D eigenvalue weighted by Crippen LogP contribution is 2.04. The zero-order chi connectivity index (χ0) is 8.27. The molecular weight excluding hydrogens is 144 g/mol. The van der Waals surface area contributed by atoms with Crippen LogP contribution in [0, 0.1) is 0 Å². The molecule has 0 bridgehead atoms. The summed E-state index contributed by atoms with van der Waals surface area (Å²) < 4.78 is 0. The summed E-state index contributed by atoms with van der Waals surface area (Å²) in [4.78, 5) is 14.1. The number of hydrogen-bond acceptors (Lipinski definition) is 3. The second-order valence-corrected chi connectivity index (χ2v) is 2.92. The van der Waals surface area contributed by atoms with Crippen LogP contribution < -0.4 is 0 Å². The lowest BCUT2D eigenvalue weighted by atomic mass is 10.2. The molecule has 0 aromatic rings. The maximum atomic E-state index is 10.4. The van der Waals surface area contributed by atoms with E-state index in [2.05, 4.69) is 4.90 Å². The van der Waals surface area contributed by atoms with Gasteiger partial charge in [-0.1, -0.05) is 0 Å². The Labute approximate surface area is 66.4 Å². The SMILES string of the molecule is CN1CCN(C=O)CC1CO. The van der Waals surface area contributed by atoms with Gasteiger partial charge in [0.05, 0.1) is 12.6 Å². The van der Waals surface area contributed by atoms with Crippen LogP contribution in [0.2, 0.25) is 0 Å². The molecule has 0 saturated carbocycles. The van der Waals surface area contributed by atoms with E-state index in [9.17, 15) is 4.79 Å². The summed E-state index contributed by atoms with van der Waals surface area (Å²) in [5, 5.41) is 8.89. The van der Waals surface area contributed by atoms with Crippen molar-refractivity contribution < 1.29 is 9.90 Å². The average Bonchev–Trinajstić information content (AvgIpc) is 2.05. The molecule has 0 aromatic heterocycles. The normalized spacial score (nSPS) is 27.1. The Morgan fingerprint density at radius 3 is 2.91 bits per heavy atom. The minimum absolute atomic E-state index is 0.119. The van der Waals surface area contributed by atoms with E-state index in [-0.39, 0.29) is 12.6 Å². The Hall–Kier alpha value is -0.610. The predicted octanol–water partition coefficient (Wildman–Crippen LogP) is -1.25. The number of carbonyl (C=O) groups is 1. The number of carbonyl (C=O) groups excluding carboxylic acids is 1. The highest BCUT2D eigenvalue weighted by molar-refractivity contribution is 5.47. The van der Waals surface area contributed by atoms with Crippen LogP contribution in [0.25, 0.3) is 0 Å². The van der Waals surface area contributed by atoms with Gasteiger partial charge in [0.2, 0.25) is 6.41 Å². The van der Waals surface area contributed by atoms with E-state index in [1.807, 2.05) is 7.05 Å². The van der Waals surface area contributed by atoms with E-state index in [1.165, 1.54) is 0 Å². The van der Waals surface area contributed by atoms with Gasteiger partial charge in [0.25, 0.3) is 0 Å². The quantitative estimate of drug-likeness (QED) is 0.511. The molecule has 1 heterocycles. The van der Waals surface area contributed by atoms with Gasteiger partial charge in [0, 0.05) is 19.6 Å². The molecule has 1 N–H and O–H groups in total. The summed E-state index contributed by atoms with van der Waals surface area (Å²) in [6.45, 7) is 2.40. The maximum absolute atomic E-state index is 10.4. The van der Waals surface area contributed by atoms with E-state index < -0.39 is 0 Å². The van der Waals surface area contributed by atoms with Crippen LogP contribution in [-0.2, 0) is 4.79 Å². The number of amides is 1. The first kappa shape index (κ1) is 8.49. The summed E-state index contributed by atoms with van der Waals surface area (Å²) in [6.07, 6.45) is 0.843. The van der Waals surface area contributed by atoms with Gasteiger partial charge in [-0.15, -0.1) is 0 Å². The van der Waals surface area contributed by atoms with Crippen LogP contribution in [0.4, 0.5) is 0 Å². The van der Waals surface area contributed by atoms with Gasteiger partial charge in [0.15, 0.2) is 0 Å². The second kappa shape index (κ2) is 3.69. The third kappa shape index (κ3) is 1.91. The van der Waals surface area contributed by atoms with Crippen molar-refractivity contribution >= 4 is 6.41 Å². The lowest BCUT2D eigenvalue weighted by molar-refractivity contribution is -0.121.